The van der Waals surface area contributed by atoms with Crippen LogP contribution in [0.5, 0.6) is 0 Å². The summed E-state index contributed by atoms with van der Waals surface area (Å²) in [5.41, 5.74) is 0. The van der Waals surface area contributed by atoms with Gasteiger partial charge in [0.15, 0.2) is 0 Å². The number of thiocarbonyl (C=S) groups is 2. The third-order valence-electron chi connectivity index (χ3n) is 1.88. The molecule has 84 valence electrons. The number of allylic oxidation sites excluding steroid dienone is 4. The first kappa shape index (κ1) is 17.3. The van der Waals surface area contributed by atoms with Gasteiger partial charge < -0.3 is 10.2 Å². The van der Waals surface area contributed by atoms with E-state index < -0.39 is 12.2 Å². The van der Waals surface area contributed by atoms with Crippen LogP contribution in [0.4, 0.5) is 0 Å². The molecule has 0 fully saturated rings. The van der Waals surface area contributed by atoms with Crippen LogP contribution in [-0.2, 0) is 0 Å². The molecule has 0 N–H and O–H groups in total. The molecule has 2 rings (SSSR count). The first-order valence-electron chi connectivity index (χ1n) is 4.70. The van der Waals surface area contributed by atoms with Crippen molar-refractivity contribution in [3.63, 3.8) is 0 Å². The van der Waals surface area contributed by atoms with E-state index in [1.165, 1.54) is 0 Å². The van der Waals surface area contributed by atoms with E-state index in [0.29, 0.717) is 9.73 Å². The molecule has 2 atom stereocenters. The van der Waals surface area contributed by atoms with E-state index in [-0.39, 0.29) is 37.7 Å². The largest absolute Gasteiger partial charge is 2.00 e. The molecule has 0 aromatic carbocycles. The molecule has 2 aliphatic carbocycles. The van der Waals surface area contributed by atoms with Gasteiger partial charge in [0.2, 0.25) is 0 Å². The van der Waals surface area contributed by atoms with Crippen LogP contribution in [0, 0.1) is 0 Å². The molecule has 0 aromatic rings. The van der Waals surface area contributed by atoms with E-state index in [2.05, 4.69) is 24.4 Å². The van der Waals surface area contributed by atoms with Gasteiger partial charge in [-0.15, -0.1) is 0 Å². The quantitative estimate of drug-likeness (QED) is 0.467. The second kappa shape index (κ2) is 9.28. The molecule has 0 heterocycles. The average molecular weight is 290 g/mol. The van der Waals surface area contributed by atoms with Crippen LogP contribution in [0.25, 0.3) is 0 Å². The molecule has 0 radical (unpaired) electrons. The Balaban J connectivity index is 0.000000284. The Morgan fingerprint density at radius 2 is 1.12 bits per heavy atom. The third kappa shape index (κ3) is 6.72. The van der Waals surface area contributed by atoms with Crippen molar-refractivity contribution in [2.24, 2.45) is 0 Å². The van der Waals surface area contributed by atoms with Crippen LogP contribution in [-0.4, -0.2) is 59.7 Å². The zero-order valence-corrected chi connectivity index (χ0v) is 13.0. The van der Waals surface area contributed by atoms with Crippen molar-refractivity contribution in [3.05, 3.63) is 48.6 Å². The minimum Gasteiger partial charge on any atom is -0.845 e. The van der Waals surface area contributed by atoms with Crippen molar-refractivity contribution in [1.82, 2.24) is 0 Å². The zero-order chi connectivity index (χ0) is 12.0. The van der Waals surface area contributed by atoms with Crippen molar-refractivity contribution in [2.45, 2.75) is 12.2 Å². The smallest absolute Gasteiger partial charge is 0.845 e. The van der Waals surface area contributed by atoms with Gasteiger partial charge in [0, 0.05) is 9.73 Å². The van der Waals surface area contributed by atoms with Gasteiger partial charge in [0.05, 0.1) is 0 Å². The number of hydrogen-bond donors (Lipinski definition) is 0. The molecule has 0 aromatic heterocycles. The summed E-state index contributed by atoms with van der Waals surface area (Å²) >= 11 is 9.36. The Bertz CT molecular complexity index is 359. The Labute approximate surface area is 141 Å². The van der Waals surface area contributed by atoms with E-state index in [9.17, 15) is 10.2 Å². The van der Waals surface area contributed by atoms with Crippen molar-refractivity contribution in [3.8, 4) is 0 Å². The summed E-state index contributed by atoms with van der Waals surface area (Å²) in [6, 6.07) is 0. The standard InChI is InChI=1S/2C6H5OS.Ca/c2*7-5-3-1-2-4-6(5)8;/h2*1-5H;/q2*-1;+2. The molecule has 0 bridgehead atoms. The van der Waals surface area contributed by atoms with Crippen LogP contribution in [0.3, 0.4) is 0 Å². The van der Waals surface area contributed by atoms with Gasteiger partial charge in [-0.1, -0.05) is 73.1 Å². The monoisotopic (exact) mass is 290 g/mol. The number of hydrogen-bond acceptors (Lipinski definition) is 4. The predicted molar refractivity (Wildman–Crippen MR) is 75.1 cm³/mol. The summed E-state index contributed by atoms with van der Waals surface area (Å²) in [4.78, 5) is 0.958. The second-order valence-corrected chi connectivity index (χ2v) is 4.08. The van der Waals surface area contributed by atoms with Gasteiger partial charge in [-0.2, -0.15) is 0 Å². The maximum atomic E-state index is 10.6. The van der Waals surface area contributed by atoms with Crippen molar-refractivity contribution in [1.29, 1.82) is 0 Å². The first-order valence-corrected chi connectivity index (χ1v) is 5.52. The Hall–Kier alpha value is 0.320. The molecule has 0 aliphatic heterocycles. The number of rotatable bonds is 0. The fraction of sp³-hybridized carbons (Fsp3) is 0.167. The van der Waals surface area contributed by atoms with E-state index in [1.54, 1.807) is 48.6 Å². The first-order chi connectivity index (χ1) is 7.61. The Morgan fingerprint density at radius 1 is 0.765 bits per heavy atom. The van der Waals surface area contributed by atoms with Crippen molar-refractivity contribution >= 4 is 71.9 Å². The summed E-state index contributed by atoms with van der Waals surface area (Å²) in [6.07, 6.45) is 11.8. The minimum absolute atomic E-state index is 0. The molecule has 0 saturated heterocycles. The molecule has 2 unspecified atom stereocenters. The van der Waals surface area contributed by atoms with Crippen LogP contribution in [0.1, 0.15) is 0 Å². The van der Waals surface area contributed by atoms with Crippen molar-refractivity contribution in [2.75, 3.05) is 0 Å². The van der Waals surface area contributed by atoms with Gasteiger partial charge in [-0.25, -0.2) is 0 Å². The Morgan fingerprint density at radius 3 is 1.29 bits per heavy atom. The maximum absolute atomic E-state index is 10.6. The molecular weight excluding hydrogens is 280 g/mol. The van der Waals surface area contributed by atoms with E-state index in [1.807, 2.05) is 0 Å². The topological polar surface area (TPSA) is 46.1 Å². The maximum Gasteiger partial charge on any atom is 2.00 e. The second-order valence-electron chi connectivity index (χ2n) is 3.13. The van der Waals surface area contributed by atoms with Gasteiger partial charge in [-0.05, 0) is 12.2 Å². The van der Waals surface area contributed by atoms with Crippen LogP contribution in [0.2, 0.25) is 0 Å². The molecule has 0 spiro atoms. The Kier molecular flexibility index (Phi) is 9.45. The molecule has 0 saturated carbocycles. The summed E-state index contributed by atoms with van der Waals surface area (Å²) in [7, 11) is 0. The van der Waals surface area contributed by atoms with E-state index in [0.717, 1.165) is 0 Å². The third-order valence-corrected chi connectivity index (χ3v) is 2.61. The van der Waals surface area contributed by atoms with Crippen LogP contribution in [0.15, 0.2) is 48.6 Å². The summed E-state index contributed by atoms with van der Waals surface area (Å²) in [5.74, 6) is 0. The van der Waals surface area contributed by atoms with Crippen molar-refractivity contribution < 1.29 is 10.2 Å². The minimum atomic E-state index is -0.782. The molecule has 0 amide bonds. The molecule has 17 heavy (non-hydrogen) atoms. The van der Waals surface area contributed by atoms with E-state index in [4.69, 9.17) is 0 Å². The molecule has 5 heteroatoms. The van der Waals surface area contributed by atoms with Gasteiger partial charge in [0.1, 0.15) is 0 Å². The molecule has 2 aliphatic rings. The van der Waals surface area contributed by atoms with Crippen LogP contribution >= 0.6 is 24.4 Å². The SMILES string of the molecule is [Ca+2].[O-]C1C=CC=CC1=S.[O-]C1C=CC=CC1=S. The summed E-state index contributed by atoms with van der Waals surface area (Å²) < 4.78 is 0. The summed E-state index contributed by atoms with van der Waals surface area (Å²) in [6.45, 7) is 0. The summed E-state index contributed by atoms with van der Waals surface area (Å²) in [5, 5.41) is 21.2. The van der Waals surface area contributed by atoms with E-state index >= 15 is 0 Å². The van der Waals surface area contributed by atoms with Gasteiger partial charge >= 0.3 is 37.7 Å². The molecular formula is C12H10CaO2S2. The van der Waals surface area contributed by atoms with Crippen LogP contribution < -0.4 is 10.2 Å². The molecule has 2 nitrogen and oxygen atoms in total. The normalized spacial score (nSPS) is 25.1. The fourth-order valence-corrected chi connectivity index (χ4v) is 1.32. The predicted octanol–water partition coefficient (Wildman–Crippen LogP) is 0.0416. The zero-order valence-electron chi connectivity index (χ0n) is 9.11. The fourth-order valence-electron chi connectivity index (χ4n) is 1.01. The average Bonchev–Trinajstić information content (AvgIpc) is 2.28. The van der Waals surface area contributed by atoms with Gasteiger partial charge in [-0.3, -0.25) is 0 Å². The van der Waals surface area contributed by atoms with Gasteiger partial charge in [0.25, 0.3) is 0 Å².